The Morgan fingerprint density at radius 1 is 1.00 bits per heavy atom. The van der Waals surface area contributed by atoms with Gasteiger partial charge in [-0.1, -0.05) is 48.5 Å². The largest absolute Gasteiger partial charge is 0.482 e. The maximum atomic E-state index is 11.9. The van der Waals surface area contributed by atoms with Gasteiger partial charge in [-0.15, -0.1) is 0 Å². The molecule has 0 spiro atoms. The number of carbonyl (C=O) groups is 2. The van der Waals surface area contributed by atoms with Crippen molar-refractivity contribution in [2.24, 2.45) is 0 Å². The van der Waals surface area contributed by atoms with Gasteiger partial charge in [0.2, 0.25) is 0 Å². The molecule has 5 heteroatoms. The Bertz CT molecular complexity index is 715. The summed E-state index contributed by atoms with van der Waals surface area (Å²) in [6.07, 6.45) is 1.70. The van der Waals surface area contributed by atoms with Crippen LogP contribution in [0.1, 0.15) is 24.5 Å². The van der Waals surface area contributed by atoms with Gasteiger partial charge in [0.15, 0.2) is 13.2 Å². The average molecular weight is 355 g/mol. The lowest BCUT2D eigenvalue weighted by Gasteiger charge is -2.14. The molecule has 0 aliphatic heterocycles. The van der Waals surface area contributed by atoms with E-state index >= 15 is 0 Å². The monoisotopic (exact) mass is 355 g/mol. The summed E-state index contributed by atoms with van der Waals surface area (Å²) in [5.41, 5.74) is 2.17. The lowest BCUT2D eigenvalue weighted by Crippen LogP contribution is -2.36. The number of ether oxygens (including phenoxy) is 2. The van der Waals surface area contributed by atoms with E-state index in [1.165, 1.54) is 5.56 Å². The Kier molecular flexibility index (Phi) is 7.68. The van der Waals surface area contributed by atoms with Gasteiger partial charge in [0.25, 0.3) is 5.91 Å². The van der Waals surface area contributed by atoms with E-state index < -0.39 is 5.97 Å². The van der Waals surface area contributed by atoms with Gasteiger partial charge < -0.3 is 14.8 Å². The van der Waals surface area contributed by atoms with Crippen molar-refractivity contribution < 1.29 is 19.1 Å². The Balaban J connectivity index is 1.63. The Hall–Kier alpha value is -2.82. The summed E-state index contributed by atoms with van der Waals surface area (Å²) in [6, 6.07) is 17.5. The highest BCUT2D eigenvalue weighted by Gasteiger charge is 2.11. The SMILES string of the molecule is Cc1ccccc1OCC(=O)OCC(=O)N[C@H](C)CCc1ccccc1. The predicted molar refractivity (Wildman–Crippen MR) is 100 cm³/mol. The second-order valence-electron chi connectivity index (χ2n) is 6.21. The number of carbonyl (C=O) groups excluding carboxylic acids is 2. The van der Waals surface area contributed by atoms with Crippen LogP contribution < -0.4 is 10.1 Å². The number of para-hydroxylation sites is 1. The molecule has 26 heavy (non-hydrogen) atoms. The molecule has 0 aliphatic carbocycles. The molecule has 0 aliphatic rings. The van der Waals surface area contributed by atoms with Crippen LogP contribution >= 0.6 is 0 Å². The van der Waals surface area contributed by atoms with Crippen molar-refractivity contribution in [3.8, 4) is 5.75 Å². The number of esters is 1. The minimum Gasteiger partial charge on any atom is -0.482 e. The summed E-state index contributed by atoms with van der Waals surface area (Å²) in [5.74, 6) is -0.251. The molecule has 1 amide bonds. The number of hydrogen-bond acceptors (Lipinski definition) is 4. The van der Waals surface area contributed by atoms with Crippen LogP contribution in [0.4, 0.5) is 0 Å². The molecule has 0 saturated carbocycles. The molecular formula is C21H25NO4. The number of nitrogens with one attached hydrogen (secondary N) is 1. The number of aryl methyl sites for hydroxylation is 2. The lowest BCUT2D eigenvalue weighted by atomic mass is 10.1. The minimum absolute atomic E-state index is 0.00428. The Morgan fingerprint density at radius 3 is 2.42 bits per heavy atom. The zero-order chi connectivity index (χ0) is 18.8. The van der Waals surface area contributed by atoms with E-state index in [4.69, 9.17) is 9.47 Å². The molecule has 0 aromatic heterocycles. The fraction of sp³-hybridized carbons (Fsp3) is 0.333. The highest BCUT2D eigenvalue weighted by Crippen LogP contribution is 2.15. The number of rotatable bonds is 9. The maximum Gasteiger partial charge on any atom is 0.344 e. The molecule has 5 nitrogen and oxygen atoms in total. The van der Waals surface area contributed by atoms with Crippen molar-refractivity contribution in [2.45, 2.75) is 32.7 Å². The second kappa shape index (κ2) is 10.2. The third-order valence-corrected chi connectivity index (χ3v) is 3.92. The molecule has 2 aromatic rings. The van der Waals surface area contributed by atoms with Gasteiger partial charge in [0.05, 0.1) is 0 Å². The van der Waals surface area contributed by atoms with Gasteiger partial charge in [0.1, 0.15) is 5.75 Å². The molecule has 1 N–H and O–H groups in total. The first-order chi connectivity index (χ1) is 12.5. The van der Waals surface area contributed by atoms with E-state index in [1.54, 1.807) is 6.07 Å². The number of hydrogen-bond donors (Lipinski definition) is 1. The molecule has 2 aromatic carbocycles. The predicted octanol–water partition coefficient (Wildman–Crippen LogP) is 3.05. The normalized spacial score (nSPS) is 11.5. The zero-order valence-corrected chi connectivity index (χ0v) is 15.2. The first-order valence-corrected chi connectivity index (χ1v) is 8.72. The topological polar surface area (TPSA) is 64.6 Å². The highest BCUT2D eigenvalue weighted by atomic mass is 16.6. The van der Waals surface area contributed by atoms with Gasteiger partial charge in [-0.25, -0.2) is 4.79 Å². The summed E-state index contributed by atoms with van der Waals surface area (Å²) in [6.45, 7) is 3.31. The van der Waals surface area contributed by atoms with Crippen LogP contribution in [0.5, 0.6) is 5.75 Å². The summed E-state index contributed by atoms with van der Waals surface area (Å²) < 4.78 is 10.3. The van der Waals surface area contributed by atoms with Crippen molar-refractivity contribution in [1.29, 1.82) is 0 Å². The maximum absolute atomic E-state index is 11.9. The van der Waals surface area contributed by atoms with Crippen LogP contribution in [0.25, 0.3) is 0 Å². The first-order valence-electron chi connectivity index (χ1n) is 8.72. The minimum atomic E-state index is -0.569. The highest BCUT2D eigenvalue weighted by molar-refractivity contribution is 5.81. The lowest BCUT2D eigenvalue weighted by molar-refractivity contribution is -0.150. The van der Waals surface area contributed by atoms with Gasteiger partial charge in [0, 0.05) is 6.04 Å². The molecule has 0 bridgehead atoms. The molecule has 0 heterocycles. The molecule has 0 unspecified atom stereocenters. The number of amides is 1. The van der Waals surface area contributed by atoms with E-state index in [9.17, 15) is 9.59 Å². The van der Waals surface area contributed by atoms with Gasteiger partial charge in [-0.2, -0.15) is 0 Å². The van der Waals surface area contributed by atoms with Crippen LogP contribution in [-0.2, 0) is 20.7 Å². The van der Waals surface area contributed by atoms with Gasteiger partial charge in [-0.3, -0.25) is 4.79 Å². The van der Waals surface area contributed by atoms with Crippen molar-refractivity contribution >= 4 is 11.9 Å². The average Bonchev–Trinajstić information content (AvgIpc) is 2.65. The van der Waals surface area contributed by atoms with E-state index in [0.29, 0.717) is 5.75 Å². The van der Waals surface area contributed by atoms with Crippen molar-refractivity contribution in [2.75, 3.05) is 13.2 Å². The molecule has 2 rings (SSSR count). The summed E-state index contributed by atoms with van der Waals surface area (Å²) >= 11 is 0. The van der Waals surface area contributed by atoms with Crippen LogP contribution in [0, 0.1) is 6.92 Å². The Morgan fingerprint density at radius 2 is 1.69 bits per heavy atom. The van der Waals surface area contributed by atoms with Gasteiger partial charge in [-0.05, 0) is 43.9 Å². The van der Waals surface area contributed by atoms with Crippen LogP contribution in [0.3, 0.4) is 0 Å². The Labute approximate surface area is 154 Å². The van der Waals surface area contributed by atoms with E-state index in [-0.39, 0.29) is 25.2 Å². The van der Waals surface area contributed by atoms with E-state index in [2.05, 4.69) is 17.4 Å². The van der Waals surface area contributed by atoms with E-state index in [0.717, 1.165) is 18.4 Å². The van der Waals surface area contributed by atoms with Crippen molar-refractivity contribution in [1.82, 2.24) is 5.32 Å². The molecule has 0 fully saturated rings. The summed E-state index contributed by atoms with van der Waals surface area (Å²) in [7, 11) is 0. The second-order valence-corrected chi connectivity index (χ2v) is 6.21. The van der Waals surface area contributed by atoms with Crippen LogP contribution in [0.2, 0.25) is 0 Å². The first kappa shape index (κ1) is 19.5. The molecule has 1 atom stereocenters. The molecule has 0 saturated heterocycles. The third-order valence-electron chi connectivity index (χ3n) is 3.92. The van der Waals surface area contributed by atoms with E-state index in [1.807, 2.05) is 50.2 Å². The fourth-order valence-corrected chi connectivity index (χ4v) is 2.46. The summed E-state index contributed by atoms with van der Waals surface area (Å²) in [4.78, 5) is 23.6. The third kappa shape index (κ3) is 6.97. The molecular weight excluding hydrogens is 330 g/mol. The standard InChI is InChI=1S/C21H25NO4/c1-16-8-6-7-11-19(16)25-15-21(24)26-14-20(23)22-17(2)12-13-18-9-4-3-5-10-18/h3-11,17H,12-15H2,1-2H3,(H,22,23)/t17-/m1/s1. The van der Waals surface area contributed by atoms with Crippen molar-refractivity contribution in [3.05, 3.63) is 65.7 Å². The van der Waals surface area contributed by atoms with Crippen LogP contribution in [0.15, 0.2) is 54.6 Å². The summed E-state index contributed by atoms with van der Waals surface area (Å²) in [5, 5.41) is 2.83. The quantitative estimate of drug-likeness (QED) is 0.702. The smallest absolute Gasteiger partial charge is 0.344 e. The molecule has 0 radical (unpaired) electrons. The molecule has 138 valence electrons. The zero-order valence-electron chi connectivity index (χ0n) is 15.2. The van der Waals surface area contributed by atoms with Crippen LogP contribution in [-0.4, -0.2) is 31.1 Å². The number of benzene rings is 2. The fourth-order valence-electron chi connectivity index (χ4n) is 2.46. The van der Waals surface area contributed by atoms with Crippen molar-refractivity contribution in [3.63, 3.8) is 0 Å². The van der Waals surface area contributed by atoms with Gasteiger partial charge >= 0.3 is 5.97 Å².